The van der Waals surface area contributed by atoms with Crippen molar-refractivity contribution in [3.8, 4) is 0 Å². The molecule has 5 nitrogen and oxygen atoms in total. The molecular weight excluding hydrogens is 217 g/mol. The molecule has 0 aromatic heterocycles. The number of carboxylic acids is 1. The van der Waals surface area contributed by atoms with Crippen LogP contribution in [0.3, 0.4) is 0 Å². The van der Waals surface area contributed by atoms with Gasteiger partial charge in [0.15, 0.2) is 0 Å². The summed E-state index contributed by atoms with van der Waals surface area (Å²) in [5.41, 5.74) is 9.95. The number of halogens is 3. The van der Waals surface area contributed by atoms with Crippen LogP contribution in [0.5, 0.6) is 0 Å². The van der Waals surface area contributed by atoms with E-state index in [9.17, 15) is 22.8 Å². The number of ketones is 1. The Morgan fingerprint density at radius 3 is 2.07 bits per heavy atom. The highest BCUT2D eigenvalue weighted by Crippen LogP contribution is 2.22. The van der Waals surface area contributed by atoms with Gasteiger partial charge in [-0.25, -0.2) is 0 Å². The van der Waals surface area contributed by atoms with Crippen LogP contribution in [0.4, 0.5) is 13.2 Å². The zero-order chi connectivity index (χ0) is 12.2. The van der Waals surface area contributed by atoms with Gasteiger partial charge >= 0.3 is 12.1 Å². The Morgan fingerprint density at radius 1 is 1.33 bits per heavy atom. The second-order valence-electron chi connectivity index (χ2n) is 2.98. The Hall–Kier alpha value is -1.15. The fourth-order valence-electron chi connectivity index (χ4n) is 0.949. The van der Waals surface area contributed by atoms with Crippen molar-refractivity contribution in [2.24, 2.45) is 17.4 Å². The van der Waals surface area contributed by atoms with E-state index in [-0.39, 0.29) is 0 Å². The van der Waals surface area contributed by atoms with Crippen LogP contribution in [0, 0.1) is 5.92 Å². The third-order valence-electron chi connectivity index (χ3n) is 1.79. The van der Waals surface area contributed by atoms with Gasteiger partial charge in [-0.05, 0) is 6.42 Å². The zero-order valence-corrected chi connectivity index (χ0v) is 7.62. The first-order chi connectivity index (χ1) is 6.70. The molecule has 0 aliphatic carbocycles. The Balaban J connectivity index is 4.51. The molecule has 1 unspecified atom stereocenters. The van der Waals surface area contributed by atoms with E-state index in [0.717, 1.165) is 0 Å². The third kappa shape index (κ3) is 4.26. The Labute approximate surface area is 83.2 Å². The average molecular weight is 228 g/mol. The Bertz CT molecular complexity index is 254. The highest BCUT2D eigenvalue weighted by molar-refractivity contribution is 5.87. The number of carbonyl (C=O) groups is 2. The Morgan fingerprint density at radius 2 is 1.80 bits per heavy atom. The number of hydrogen-bond donors (Lipinski definition) is 3. The number of carboxylic acid groups (broad SMARTS) is 1. The van der Waals surface area contributed by atoms with Crippen LogP contribution in [-0.4, -0.2) is 35.6 Å². The molecule has 0 aromatic rings. The maximum absolute atomic E-state index is 11.9. The summed E-state index contributed by atoms with van der Waals surface area (Å²) in [7, 11) is 0. The smallest absolute Gasteiger partial charge is 0.450 e. The van der Waals surface area contributed by atoms with Gasteiger partial charge in [0.1, 0.15) is 6.04 Å². The molecule has 2 atom stereocenters. The lowest BCUT2D eigenvalue weighted by Gasteiger charge is -2.17. The summed E-state index contributed by atoms with van der Waals surface area (Å²) < 4.78 is 35.8. The molecule has 8 heteroatoms. The summed E-state index contributed by atoms with van der Waals surface area (Å²) in [6.45, 7) is -0.584. The number of alkyl halides is 3. The first-order valence-corrected chi connectivity index (χ1v) is 3.99. The number of Topliss-reactive ketones (excluding diaryl/α,β-unsaturated/α-hetero) is 1. The quantitative estimate of drug-likeness (QED) is 0.587. The molecule has 88 valence electrons. The van der Waals surface area contributed by atoms with Gasteiger partial charge in [0, 0.05) is 12.5 Å². The van der Waals surface area contributed by atoms with E-state index in [4.69, 9.17) is 16.6 Å². The Kier molecular flexibility index (Phi) is 4.69. The highest BCUT2D eigenvalue weighted by Gasteiger charge is 2.43. The van der Waals surface area contributed by atoms with E-state index < -0.39 is 42.9 Å². The lowest BCUT2D eigenvalue weighted by molar-refractivity contribution is -0.175. The summed E-state index contributed by atoms with van der Waals surface area (Å²) in [4.78, 5) is 21.0. The van der Waals surface area contributed by atoms with Gasteiger partial charge in [-0.15, -0.1) is 0 Å². The molecule has 0 saturated heterocycles. The van der Waals surface area contributed by atoms with E-state index in [0.29, 0.717) is 0 Å². The van der Waals surface area contributed by atoms with Crippen molar-refractivity contribution in [1.29, 1.82) is 0 Å². The number of nitrogens with two attached hydrogens (primary N) is 2. The van der Waals surface area contributed by atoms with Gasteiger partial charge in [0.05, 0.1) is 0 Å². The molecular formula is C7H11F3N2O3. The molecule has 0 fully saturated rings. The van der Waals surface area contributed by atoms with Crippen LogP contribution in [0.1, 0.15) is 6.42 Å². The lowest BCUT2D eigenvalue weighted by Crippen LogP contribution is -2.41. The maximum Gasteiger partial charge on any atom is 0.450 e. The monoisotopic (exact) mass is 228 g/mol. The second kappa shape index (κ2) is 5.08. The molecule has 0 aliphatic heterocycles. The molecule has 0 saturated carbocycles. The molecule has 0 rings (SSSR count). The van der Waals surface area contributed by atoms with E-state index in [1.165, 1.54) is 0 Å². The zero-order valence-electron chi connectivity index (χ0n) is 7.62. The molecule has 0 spiro atoms. The van der Waals surface area contributed by atoms with Gasteiger partial charge in [-0.3, -0.25) is 9.59 Å². The fourth-order valence-corrected chi connectivity index (χ4v) is 0.949. The topological polar surface area (TPSA) is 106 Å². The van der Waals surface area contributed by atoms with Crippen molar-refractivity contribution >= 4 is 11.8 Å². The SMILES string of the molecule is NCC(C[C@@H](N)C(=O)O)C(=O)C(F)(F)F. The number of rotatable bonds is 5. The molecule has 0 heterocycles. The largest absolute Gasteiger partial charge is 0.480 e. The summed E-state index contributed by atoms with van der Waals surface area (Å²) in [5.74, 6) is -5.11. The lowest BCUT2D eigenvalue weighted by atomic mass is 9.95. The van der Waals surface area contributed by atoms with Crippen LogP contribution in [-0.2, 0) is 9.59 Å². The van der Waals surface area contributed by atoms with Crippen molar-refractivity contribution in [2.45, 2.75) is 18.6 Å². The highest BCUT2D eigenvalue weighted by atomic mass is 19.4. The summed E-state index contributed by atoms with van der Waals surface area (Å²) in [5, 5.41) is 8.35. The van der Waals surface area contributed by atoms with Crippen LogP contribution in [0.15, 0.2) is 0 Å². The summed E-state index contributed by atoms with van der Waals surface area (Å²) in [6, 6.07) is -1.52. The van der Waals surface area contributed by atoms with Gasteiger partial charge in [-0.1, -0.05) is 0 Å². The van der Waals surface area contributed by atoms with Crippen LogP contribution < -0.4 is 11.5 Å². The standard InChI is InChI=1S/C7H11F3N2O3/c8-7(9,10)5(13)3(2-11)1-4(12)6(14)15/h3-4H,1-2,11-12H2,(H,14,15)/t3?,4-/m1/s1. The molecule has 5 N–H and O–H groups in total. The van der Waals surface area contributed by atoms with E-state index in [1.807, 2.05) is 0 Å². The predicted octanol–water partition coefficient (Wildman–Crippen LogP) is -0.505. The van der Waals surface area contributed by atoms with E-state index >= 15 is 0 Å². The minimum atomic E-state index is -5.01. The van der Waals surface area contributed by atoms with Crippen molar-refractivity contribution in [3.63, 3.8) is 0 Å². The fraction of sp³-hybridized carbons (Fsp3) is 0.714. The minimum absolute atomic E-state index is 0.584. The van der Waals surface area contributed by atoms with E-state index in [2.05, 4.69) is 0 Å². The number of hydrogen-bond acceptors (Lipinski definition) is 4. The second-order valence-corrected chi connectivity index (χ2v) is 2.98. The van der Waals surface area contributed by atoms with Gasteiger partial charge in [0.2, 0.25) is 5.78 Å². The first-order valence-electron chi connectivity index (χ1n) is 3.99. The molecule has 0 aliphatic rings. The third-order valence-corrected chi connectivity index (χ3v) is 1.79. The molecule has 0 aromatic carbocycles. The van der Waals surface area contributed by atoms with Gasteiger partial charge < -0.3 is 16.6 Å². The summed E-state index contributed by atoms with van der Waals surface area (Å²) in [6.07, 6.45) is -5.63. The number of aliphatic carboxylic acids is 1. The van der Waals surface area contributed by atoms with Crippen molar-refractivity contribution in [1.82, 2.24) is 0 Å². The molecule has 0 bridgehead atoms. The molecule has 15 heavy (non-hydrogen) atoms. The van der Waals surface area contributed by atoms with Crippen molar-refractivity contribution in [2.75, 3.05) is 6.54 Å². The predicted molar refractivity (Wildman–Crippen MR) is 43.8 cm³/mol. The summed E-state index contributed by atoms with van der Waals surface area (Å²) >= 11 is 0. The molecule has 0 amide bonds. The minimum Gasteiger partial charge on any atom is -0.480 e. The van der Waals surface area contributed by atoms with Crippen LogP contribution in [0.2, 0.25) is 0 Å². The maximum atomic E-state index is 11.9. The van der Waals surface area contributed by atoms with Gasteiger partial charge in [-0.2, -0.15) is 13.2 Å². The van der Waals surface area contributed by atoms with Crippen molar-refractivity contribution < 1.29 is 27.9 Å². The van der Waals surface area contributed by atoms with Gasteiger partial charge in [0.25, 0.3) is 0 Å². The normalized spacial score (nSPS) is 15.8. The van der Waals surface area contributed by atoms with Crippen molar-refractivity contribution in [3.05, 3.63) is 0 Å². The average Bonchev–Trinajstić information content (AvgIpc) is 2.10. The number of carbonyl (C=O) groups excluding carboxylic acids is 1. The van der Waals surface area contributed by atoms with Crippen LogP contribution >= 0.6 is 0 Å². The van der Waals surface area contributed by atoms with E-state index in [1.54, 1.807) is 0 Å². The molecule has 0 radical (unpaired) electrons. The van der Waals surface area contributed by atoms with Crippen LogP contribution in [0.25, 0.3) is 0 Å². The first kappa shape index (κ1) is 13.8.